The third-order valence-corrected chi connectivity index (χ3v) is 6.31. The Kier molecular flexibility index (Phi) is 7.77. The van der Waals surface area contributed by atoms with Crippen LogP contribution in [0.2, 0.25) is 0 Å². The third kappa shape index (κ3) is 6.18. The van der Waals surface area contributed by atoms with Crippen LogP contribution < -0.4 is 4.74 Å². The van der Waals surface area contributed by atoms with E-state index in [0.717, 1.165) is 25.3 Å². The van der Waals surface area contributed by atoms with E-state index in [4.69, 9.17) is 14.2 Å². The smallest absolute Gasteiger partial charge is 0.236 e. The number of hydrogen-bond acceptors (Lipinski definition) is 6. The van der Waals surface area contributed by atoms with Crippen molar-refractivity contribution in [1.29, 1.82) is 0 Å². The molecule has 0 aromatic heterocycles. The Balaban J connectivity index is 1.39. The Morgan fingerprint density at radius 2 is 1.55 bits per heavy atom. The number of morpholine rings is 2. The number of benzene rings is 1. The van der Waals surface area contributed by atoms with Gasteiger partial charge in [0, 0.05) is 58.0 Å². The number of carbonyl (C=O) groups excluding carboxylic acids is 2. The molecule has 31 heavy (non-hydrogen) atoms. The first-order chi connectivity index (χ1) is 15.2. The number of ether oxygens (including phenoxy) is 3. The fourth-order valence-electron chi connectivity index (χ4n) is 4.48. The summed E-state index contributed by atoms with van der Waals surface area (Å²) in [5, 5.41) is 0. The van der Waals surface area contributed by atoms with E-state index >= 15 is 0 Å². The number of amides is 2. The zero-order chi connectivity index (χ0) is 21.5. The van der Waals surface area contributed by atoms with Gasteiger partial charge in [0.2, 0.25) is 11.8 Å². The largest absolute Gasteiger partial charge is 0.490 e. The molecule has 4 rings (SSSR count). The fraction of sp³-hybridized carbons (Fsp3) is 0.652. The molecule has 3 aliphatic heterocycles. The van der Waals surface area contributed by atoms with Crippen LogP contribution in [0.25, 0.3) is 0 Å². The number of hydrogen-bond donors (Lipinski definition) is 0. The summed E-state index contributed by atoms with van der Waals surface area (Å²) in [5.74, 6) is 1.03. The normalized spacial score (nSPS) is 25.3. The topological polar surface area (TPSA) is 71.6 Å². The van der Waals surface area contributed by atoms with Gasteiger partial charge >= 0.3 is 0 Å². The van der Waals surface area contributed by atoms with Crippen molar-refractivity contribution in [3.05, 3.63) is 30.3 Å². The maximum absolute atomic E-state index is 13.0. The monoisotopic (exact) mass is 431 g/mol. The Morgan fingerprint density at radius 3 is 2.26 bits per heavy atom. The molecule has 1 aromatic carbocycles. The molecule has 3 fully saturated rings. The van der Waals surface area contributed by atoms with Gasteiger partial charge in [-0.3, -0.25) is 14.5 Å². The number of rotatable bonds is 6. The summed E-state index contributed by atoms with van der Waals surface area (Å²) in [6.07, 6.45) is 1.03. The van der Waals surface area contributed by atoms with Crippen LogP contribution in [0.5, 0.6) is 5.75 Å². The number of likely N-dealkylation sites (tertiary alicyclic amines) is 1. The van der Waals surface area contributed by atoms with Gasteiger partial charge in [-0.05, 0) is 12.1 Å². The first-order valence-electron chi connectivity index (χ1n) is 11.3. The summed E-state index contributed by atoms with van der Waals surface area (Å²) < 4.78 is 17.0. The lowest BCUT2D eigenvalue weighted by Gasteiger charge is -2.40. The minimum absolute atomic E-state index is 0.0297. The van der Waals surface area contributed by atoms with E-state index in [1.54, 1.807) is 0 Å². The van der Waals surface area contributed by atoms with E-state index in [-0.39, 0.29) is 23.8 Å². The minimum atomic E-state index is -0.0835. The summed E-state index contributed by atoms with van der Waals surface area (Å²) >= 11 is 0. The van der Waals surface area contributed by atoms with Crippen LogP contribution in [-0.2, 0) is 19.1 Å². The molecule has 0 radical (unpaired) electrons. The van der Waals surface area contributed by atoms with Crippen LogP contribution in [0.3, 0.4) is 0 Å². The highest BCUT2D eigenvalue weighted by molar-refractivity contribution is 5.79. The van der Waals surface area contributed by atoms with Gasteiger partial charge in [-0.15, -0.1) is 0 Å². The summed E-state index contributed by atoms with van der Waals surface area (Å²) in [6.45, 7) is 7.00. The molecule has 2 amide bonds. The molecule has 0 spiro atoms. The number of para-hydroxylation sites is 1. The van der Waals surface area contributed by atoms with Crippen molar-refractivity contribution in [1.82, 2.24) is 14.7 Å². The molecule has 3 saturated heterocycles. The average Bonchev–Trinajstić information content (AvgIpc) is 2.82. The van der Waals surface area contributed by atoms with E-state index in [1.807, 2.05) is 40.1 Å². The second kappa shape index (κ2) is 10.9. The average molecular weight is 432 g/mol. The molecule has 0 unspecified atom stereocenters. The fourth-order valence-corrected chi connectivity index (χ4v) is 4.48. The molecular weight excluding hydrogens is 398 g/mol. The molecule has 0 aliphatic carbocycles. The van der Waals surface area contributed by atoms with E-state index in [2.05, 4.69) is 4.90 Å². The van der Waals surface area contributed by atoms with Gasteiger partial charge in [-0.25, -0.2) is 0 Å². The van der Waals surface area contributed by atoms with Crippen LogP contribution in [0.1, 0.15) is 12.8 Å². The zero-order valence-electron chi connectivity index (χ0n) is 18.1. The van der Waals surface area contributed by atoms with Crippen LogP contribution >= 0.6 is 0 Å². The van der Waals surface area contributed by atoms with E-state index in [0.29, 0.717) is 65.6 Å². The highest BCUT2D eigenvalue weighted by atomic mass is 16.5. The molecule has 3 aliphatic rings. The highest BCUT2D eigenvalue weighted by Crippen LogP contribution is 2.26. The molecule has 8 heteroatoms. The summed E-state index contributed by atoms with van der Waals surface area (Å²) in [4.78, 5) is 31.8. The lowest BCUT2D eigenvalue weighted by Crippen LogP contribution is -2.53. The summed E-state index contributed by atoms with van der Waals surface area (Å²) in [6, 6.07) is 9.74. The number of nitrogens with zero attached hydrogens (tertiary/aromatic N) is 3. The standard InChI is InChI=1S/C23H33N3O5/c27-22(25-10-14-30-15-11-25)16-19-17-26(23(28)18-24-8-12-29-13-9-24)7-6-21(19)31-20-4-2-1-3-5-20/h1-5,19,21H,6-18H2/t19-,21-/m0/s1. The van der Waals surface area contributed by atoms with Crippen molar-refractivity contribution < 1.29 is 23.8 Å². The van der Waals surface area contributed by atoms with Crippen molar-refractivity contribution in [3.63, 3.8) is 0 Å². The third-order valence-electron chi connectivity index (χ3n) is 6.31. The van der Waals surface area contributed by atoms with Gasteiger partial charge in [-0.2, -0.15) is 0 Å². The Morgan fingerprint density at radius 1 is 0.871 bits per heavy atom. The molecule has 1 aromatic rings. The molecular formula is C23H33N3O5. The van der Waals surface area contributed by atoms with Crippen molar-refractivity contribution in [2.45, 2.75) is 18.9 Å². The lowest BCUT2D eigenvalue weighted by molar-refractivity contribution is -0.142. The SMILES string of the molecule is O=C(C[C@H]1CN(C(=O)CN2CCOCC2)CC[C@@H]1Oc1ccccc1)N1CCOCC1. The lowest BCUT2D eigenvalue weighted by atomic mass is 9.90. The second-order valence-electron chi connectivity index (χ2n) is 8.44. The molecule has 3 heterocycles. The van der Waals surface area contributed by atoms with E-state index in [9.17, 15) is 9.59 Å². The van der Waals surface area contributed by atoms with Gasteiger partial charge in [-0.1, -0.05) is 18.2 Å². The second-order valence-corrected chi connectivity index (χ2v) is 8.44. The van der Waals surface area contributed by atoms with Crippen LogP contribution in [0.15, 0.2) is 30.3 Å². The van der Waals surface area contributed by atoms with Crippen LogP contribution in [-0.4, -0.2) is 105 Å². The van der Waals surface area contributed by atoms with Gasteiger partial charge in [0.25, 0.3) is 0 Å². The quantitative estimate of drug-likeness (QED) is 0.666. The molecule has 0 bridgehead atoms. The molecule has 0 N–H and O–H groups in total. The van der Waals surface area contributed by atoms with E-state index in [1.165, 1.54) is 0 Å². The van der Waals surface area contributed by atoms with Gasteiger partial charge in [0.05, 0.1) is 33.0 Å². The van der Waals surface area contributed by atoms with Gasteiger partial charge in [0.1, 0.15) is 11.9 Å². The molecule has 170 valence electrons. The van der Waals surface area contributed by atoms with Gasteiger partial charge < -0.3 is 24.0 Å². The maximum atomic E-state index is 13.0. The first-order valence-corrected chi connectivity index (χ1v) is 11.3. The maximum Gasteiger partial charge on any atom is 0.236 e. The summed E-state index contributed by atoms with van der Waals surface area (Å²) in [7, 11) is 0. The number of carbonyl (C=O) groups is 2. The predicted molar refractivity (Wildman–Crippen MR) is 115 cm³/mol. The Labute approximate surface area is 184 Å². The van der Waals surface area contributed by atoms with E-state index < -0.39 is 0 Å². The van der Waals surface area contributed by atoms with Crippen molar-refractivity contribution >= 4 is 11.8 Å². The Hall–Kier alpha value is -2.16. The van der Waals surface area contributed by atoms with Crippen molar-refractivity contribution in [2.24, 2.45) is 5.92 Å². The van der Waals surface area contributed by atoms with Crippen LogP contribution in [0, 0.1) is 5.92 Å². The van der Waals surface area contributed by atoms with Crippen molar-refractivity contribution in [3.8, 4) is 5.75 Å². The minimum Gasteiger partial charge on any atom is -0.490 e. The molecule has 0 saturated carbocycles. The number of piperidine rings is 1. The summed E-state index contributed by atoms with van der Waals surface area (Å²) in [5.41, 5.74) is 0. The molecule has 8 nitrogen and oxygen atoms in total. The van der Waals surface area contributed by atoms with Gasteiger partial charge in [0.15, 0.2) is 0 Å². The molecule has 2 atom stereocenters. The van der Waals surface area contributed by atoms with Crippen LogP contribution in [0.4, 0.5) is 0 Å². The Bertz CT molecular complexity index is 719. The highest BCUT2D eigenvalue weighted by Gasteiger charge is 2.36. The predicted octanol–water partition coefficient (Wildman–Crippen LogP) is 0.864. The van der Waals surface area contributed by atoms with Crippen molar-refractivity contribution in [2.75, 3.05) is 72.2 Å². The first kappa shape index (κ1) is 22.0. The zero-order valence-corrected chi connectivity index (χ0v) is 18.1.